The van der Waals surface area contributed by atoms with E-state index in [2.05, 4.69) is 6.92 Å². The molecule has 0 aromatic carbocycles. The van der Waals surface area contributed by atoms with Crippen LogP contribution in [0, 0.1) is 5.92 Å². The number of hydrogen-bond acceptors (Lipinski definition) is 2. The highest BCUT2D eigenvalue weighted by molar-refractivity contribution is 4.75. The Morgan fingerprint density at radius 2 is 1.92 bits per heavy atom. The van der Waals surface area contributed by atoms with Crippen molar-refractivity contribution in [2.24, 2.45) is 5.92 Å². The highest BCUT2D eigenvalue weighted by Gasteiger charge is 2.24. The van der Waals surface area contributed by atoms with Crippen molar-refractivity contribution in [2.45, 2.75) is 52.6 Å². The molecule has 2 heteroatoms. The van der Waals surface area contributed by atoms with Gasteiger partial charge in [0.25, 0.3) is 0 Å². The average Bonchev–Trinajstić information content (AvgIpc) is 2.03. The number of rotatable bonds is 7. The summed E-state index contributed by atoms with van der Waals surface area (Å²) in [6.45, 7) is 9.25. The molecule has 0 fully saturated rings. The first-order chi connectivity index (χ1) is 6.00. The molecule has 0 aromatic heterocycles. The summed E-state index contributed by atoms with van der Waals surface area (Å²) in [6.07, 6.45) is 3.53. The third kappa shape index (κ3) is 6.05. The summed E-state index contributed by atoms with van der Waals surface area (Å²) in [5.74, 6) is 0.249. The summed E-state index contributed by atoms with van der Waals surface area (Å²) in [5.41, 5.74) is -0.674. The first-order valence-corrected chi connectivity index (χ1v) is 5.30. The van der Waals surface area contributed by atoms with Crippen LogP contribution in [-0.4, -0.2) is 23.9 Å². The predicted octanol–water partition coefficient (Wildman–Crippen LogP) is 2.60. The van der Waals surface area contributed by atoms with E-state index >= 15 is 0 Å². The Morgan fingerprint density at radius 3 is 2.38 bits per heavy atom. The molecule has 0 bridgehead atoms. The second-order valence-electron chi connectivity index (χ2n) is 4.27. The topological polar surface area (TPSA) is 29.5 Å². The van der Waals surface area contributed by atoms with Crippen LogP contribution in [0.15, 0.2) is 0 Å². The van der Waals surface area contributed by atoms with Gasteiger partial charge in [-0.2, -0.15) is 0 Å². The maximum Gasteiger partial charge on any atom is 0.0874 e. The van der Waals surface area contributed by atoms with Crippen molar-refractivity contribution in [1.82, 2.24) is 0 Å². The quantitative estimate of drug-likeness (QED) is 0.622. The zero-order chi connectivity index (χ0) is 10.3. The fourth-order valence-corrected chi connectivity index (χ4v) is 0.900. The van der Waals surface area contributed by atoms with Crippen molar-refractivity contribution < 1.29 is 9.84 Å². The Balaban J connectivity index is 3.41. The van der Waals surface area contributed by atoms with E-state index in [1.165, 1.54) is 12.8 Å². The normalized spacial score (nSPS) is 16.2. The molecule has 0 aromatic rings. The molecule has 0 radical (unpaired) electrons. The molecule has 1 atom stereocenters. The maximum atomic E-state index is 9.82. The molecule has 0 rings (SSSR count). The molecule has 1 N–H and O–H groups in total. The summed E-state index contributed by atoms with van der Waals surface area (Å²) in [5, 5.41) is 9.82. The average molecular weight is 188 g/mol. The van der Waals surface area contributed by atoms with Gasteiger partial charge in [0.1, 0.15) is 0 Å². The van der Waals surface area contributed by atoms with Crippen molar-refractivity contribution in [3.63, 3.8) is 0 Å². The van der Waals surface area contributed by atoms with Gasteiger partial charge in [-0.1, -0.05) is 33.6 Å². The van der Waals surface area contributed by atoms with Crippen LogP contribution in [-0.2, 0) is 4.74 Å². The first kappa shape index (κ1) is 12.9. The second kappa shape index (κ2) is 6.39. The Bertz CT molecular complexity index is 119. The van der Waals surface area contributed by atoms with E-state index < -0.39 is 5.60 Å². The SMILES string of the molecule is CCCCCOC[C@@](C)(O)C(C)C. The minimum absolute atomic E-state index is 0.249. The van der Waals surface area contributed by atoms with E-state index in [0.717, 1.165) is 13.0 Å². The van der Waals surface area contributed by atoms with E-state index in [1.807, 2.05) is 20.8 Å². The van der Waals surface area contributed by atoms with Crippen LogP contribution in [0.25, 0.3) is 0 Å². The summed E-state index contributed by atoms with van der Waals surface area (Å²) < 4.78 is 5.41. The third-order valence-electron chi connectivity index (χ3n) is 2.53. The van der Waals surface area contributed by atoms with Crippen LogP contribution in [0.3, 0.4) is 0 Å². The molecule has 2 nitrogen and oxygen atoms in total. The Labute approximate surface area is 82.3 Å². The monoisotopic (exact) mass is 188 g/mol. The number of ether oxygens (including phenoxy) is 1. The highest BCUT2D eigenvalue weighted by Crippen LogP contribution is 2.16. The Hall–Kier alpha value is -0.0800. The maximum absolute atomic E-state index is 9.82. The van der Waals surface area contributed by atoms with Crippen molar-refractivity contribution in [3.8, 4) is 0 Å². The van der Waals surface area contributed by atoms with Gasteiger partial charge in [0.2, 0.25) is 0 Å². The molecule has 0 saturated carbocycles. The van der Waals surface area contributed by atoms with E-state index in [0.29, 0.717) is 6.61 Å². The molecule has 0 aliphatic carbocycles. The van der Waals surface area contributed by atoms with Crippen molar-refractivity contribution >= 4 is 0 Å². The second-order valence-corrected chi connectivity index (χ2v) is 4.27. The molecular weight excluding hydrogens is 164 g/mol. The molecule has 0 saturated heterocycles. The summed E-state index contributed by atoms with van der Waals surface area (Å²) in [4.78, 5) is 0. The van der Waals surface area contributed by atoms with E-state index in [1.54, 1.807) is 0 Å². The lowest BCUT2D eigenvalue weighted by Crippen LogP contribution is -2.36. The molecule has 0 spiro atoms. The molecule has 0 aliphatic rings. The van der Waals surface area contributed by atoms with Crippen molar-refractivity contribution in [1.29, 1.82) is 0 Å². The van der Waals surface area contributed by atoms with Crippen LogP contribution < -0.4 is 0 Å². The zero-order valence-electron chi connectivity index (χ0n) is 9.47. The molecule has 80 valence electrons. The van der Waals surface area contributed by atoms with Crippen LogP contribution in [0.4, 0.5) is 0 Å². The lowest BCUT2D eigenvalue weighted by atomic mass is 9.94. The molecule has 0 unspecified atom stereocenters. The summed E-state index contributed by atoms with van der Waals surface area (Å²) in [6, 6.07) is 0. The van der Waals surface area contributed by atoms with Gasteiger partial charge in [-0.3, -0.25) is 0 Å². The van der Waals surface area contributed by atoms with Crippen molar-refractivity contribution in [3.05, 3.63) is 0 Å². The minimum Gasteiger partial charge on any atom is -0.388 e. The smallest absolute Gasteiger partial charge is 0.0874 e. The third-order valence-corrected chi connectivity index (χ3v) is 2.53. The predicted molar refractivity (Wildman–Crippen MR) is 55.8 cm³/mol. The van der Waals surface area contributed by atoms with Gasteiger partial charge < -0.3 is 9.84 Å². The van der Waals surface area contributed by atoms with Crippen LogP contribution in [0.2, 0.25) is 0 Å². The van der Waals surface area contributed by atoms with E-state index in [9.17, 15) is 5.11 Å². The number of unbranched alkanes of at least 4 members (excludes halogenated alkanes) is 2. The standard InChI is InChI=1S/C11H24O2/c1-5-6-7-8-13-9-11(4,12)10(2)3/h10,12H,5-9H2,1-4H3/t11-/m1/s1. The first-order valence-electron chi connectivity index (χ1n) is 5.30. The van der Waals surface area contributed by atoms with Crippen molar-refractivity contribution in [2.75, 3.05) is 13.2 Å². The number of hydrogen-bond donors (Lipinski definition) is 1. The molecule has 0 heterocycles. The van der Waals surface area contributed by atoms with E-state index in [-0.39, 0.29) is 5.92 Å². The summed E-state index contributed by atoms with van der Waals surface area (Å²) in [7, 11) is 0. The lowest BCUT2D eigenvalue weighted by Gasteiger charge is -2.27. The van der Waals surface area contributed by atoms with Gasteiger partial charge in [0.05, 0.1) is 12.2 Å². The molecule has 0 aliphatic heterocycles. The molecule has 0 amide bonds. The van der Waals surface area contributed by atoms with Gasteiger partial charge in [-0.05, 0) is 19.3 Å². The van der Waals surface area contributed by atoms with E-state index in [4.69, 9.17) is 4.74 Å². The Kier molecular flexibility index (Phi) is 6.35. The Morgan fingerprint density at radius 1 is 1.31 bits per heavy atom. The van der Waals surface area contributed by atoms with Crippen LogP contribution in [0.5, 0.6) is 0 Å². The minimum atomic E-state index is -0.674. The summed E-state index contributed by atoms with van der Waals surface area (Å²) >= 11 is 0. The largest absolute Gasteiger partial charge is 0.388 e. The lowest BCUT2D eigenvalue weighted by molar-refractivity contribution is -0.0634. The van der Waals surface area contributed by atoms with Crippen LogP contribution in [0.1, 0.15) is 47.0 Å². The highest BCUT2D eigenvalue weighted by atomic mass is 16.5. The van der Waals surface area contributed by atoms with Gasteiger partial charge in [-0.25, -0.2) is 0 Å². The fraction of sp³-hybridized carbons (Fsp3) is 1.00. The molecular formula is C11H24O2. The molecule has 13 heavy (non-hydrogen) atoms. The fourth-order valence-electron chi connectivity index (χ4n) is 0.900. The zero-order valence-corrected chi connectivity index (χ0v) is 9.47. The van der Waals surface area contributed by atoms with Gasteiger partial charge in [0.15, 0.2) is 0 Å². The van der Waals surface area contributed by atoms with Crippen LogP contribution >= 0.6 is 0 Å². The van der Waals surface area contributed by atoms with Gasteiger partial charge in [0, 0.05) is 6.61 Å². The van der Waals surface area contributed by atoms with Gasteiger partial charge in [-0.15, -0.1) is 0 Å². The van der Waals surface area contributed by atoms with Gasteiger partial charge >= 0.3 is 0 Å². The number of aliphatic hydroxyl groups is 1.